The van der Waals surface area contributed by atoms with Crippen LogP contribution in [0.5, 0.6) is 5.75 Å². The van der Waals surface area contributed by atoms with E-state index in [2.05, 4.69) is 32.5 Å². The zero-order valence-electron chi connectivity index (χ0n) is 20.5. The summed E-state index contributed by atoms with van der Waals surface area (Å²) in [7, 11) is 3.95. The predicted molar refractivity (Wildman–Crippen MR) is 142 cm³/mol. The maximum absolute atomic E-state index is 13.1. The second-order valence-electron chi connectivity index (χ2n) is 10.7. The van der Waals surface area contributed by atoms with E-state index in [-0.39, 0.29) is 5.56 Å². The molecule has 3 atom stereocenters. The molecule has 0 amide bonds. The van der Waals surface area contributed by atoms with Gasteiger partial charge in [0.1, 0.15) is 5.02 Å². The number of rotatable bonds is 4. The first-order valence-corrected chi connectivity index (χ1v) is 13.2. The molecular weight excluding hydrogens is 478 g/mol. The monoisotopic (exact) mass is 507 g/mol. The van der Waals surface area contributed by atoms with Crippen molar-refractivity contribution in [3.63, 3.8) is 0 Å². The summed E-state index contributed by atoms with van der Waals surface area (Å²) in [5.74, 6) is 2.35. The first-order valence-electron chi connectivity index (χ1n) is 12.8. The highest BCUT2D eigenvalue weighted by Crippen LogP contribution is 2.41. The van der Waals surface area contributed by atoms with E-state index < -0.39 is 0 Å². The van der Waals surface area contributed by atoms with Crippen molar-refractivity contribution in [1.29, 1.82) is 0 Å². The summed E-state index contributed by atoms with van der Waals surface area (Å²) in [4.78, 5) is 27.1. The summed E-state index contributed by atoms with van der Waals surface area (Å²) in [6, 6.07) is 7.19. The van der Waals surface area contributed by atoms with Crippen LogP contribution in [-0.4, -0.2) is 64.3 Å². The molecule has 9 nitrogen and oxygen atoms in total. The molecule has 0 spiro atoms. The standard InChI is InChI=1S/C26H30ClN7O2/c1-32-12-16-10-17(13-32)34(16)26-28-11-19(27)24(31-26)29-15-5-6-21-18(9-15)22-23(25(35)33(21)2)36-8-7-20(30-22)14-3-4-14/h5-6,9,11,14,16-17,20,30H,3-4,7-8,10,12-13H2,1-2H3,(H,28,29,31)/t16?,17?,20-/m1/s1. The smallest absolute Gasteiger partial charge is 0.295 e. The number of aryl methyl sites for hydroxylation is 1. The molecule has 3 saturated heterocycles. The molecule has 2 N–H and O–H groups in total. The van der Waals surface area contributed by atoms with Gasteiger partial charge in [-0.05, 0) is 50.4 Å². The molecule has 0 radical (unpaired) electrons. The van der Waals surface area contributed by atoms with E-state index >= 15 is 0 Å². The van der Waals surface area contributed by atoms with E-state index in [0.29, 0.717) is 47.2 Å². The number of hydrogen-bond acceptors (Lipinski definition) is 8. The molecule has 1 saturated carbocycles. The van der Waals surface area contributed by atoms with Gasteiger partial charge in [0.15, 0.2) is 5.82 Å². The number of aromatic nitrogens is 3. The first kappa shape index (κ1) is 22.2. The Morgan fingerprint density at radius 1 is 1.17 bits per heavy atom. The Morgan fingerprint density at radius 3 is 2.75 bits per heavy atom. The SMILES string of the molecule is CN1CC2CC(C1)N2c1ncc(Cl)c(Nc2ccc3c(c2)c2c(c(=O)n3C)OCC[C@H](C3CC3)N2)n1. The minimum atomic E-state index is -0.114. The molecule has 188 valence electrons. The first-order chi connectivity index (χ1) is 17.5. The fourth-order valence-corrected chi connectivity index (χ4v) is 6.26. The lowest BCUT2D eigenvalue weighted by Crippen LogP contribution is -2.68. The van der Waals surface area contributed by atoms with Gasteiger partial charge in [-0.25, -0.2) is 4.98 Å². The number of nitrogens with one attached hydrogen (secondary N) is 2. The average molecular weight is 508 g/mol. The number of fused-ring (bicyclic) bond motifs is 5. The van der Waals surface area contributed by atoms with Crippen molar-refractivity contribution < 1.29 is 4.74 Å². The average Bonchev–Trinajstić information content (AvgIpc) is 3.71. The molecule has 1 aromatic carbocycles. The summed E-state index contributed by atoms with van der Waals surface area (Å²) < 4.78 is 7.65. The van der Waals surface area contributed by atoms with Crippen LogP contribution in [-0.2, 0) is 7.05 Å². The zero-order chi connectivity index (χ0) is 24.6. The summed E-state index contributed by atoms with van der Waals surface area (Å²) in [6.45, 7) is 2.60. The summed E-state index contributed by atoms with van der Waals surface area (Å²) >= 11 is 6.53. The van der Waals surface area contributed by atoms with E-state index in [4.69, 9.17) is 21.3 Å². The van der Waals surface area contributed by atoms with Crippen LogP contribution in [0, 0.1) is 5.92 Å². The fourth-order valence-electron chi connectivity index (χ4n) is 6.13. The van der Waals surface area contributed by atoms with Crippen LogP contribution in [0.15, 0.2) is 29.2 Å². The Labute approximate surface area is 214 Å². The topological polar surface area (TPSA) is 87.5 Å². The molecule has 5 aliphatic rings. The van der Waals surface area contributed by atoms with Gasteiger partial charge in [0, 0.05) is 55.8 Å². The molecule has 6 heterocycles. The van der Waals surface area contributed by atoms with Gasteiger partial charge in [-0.2, -0.15) is 4.98 Å². The number of likely N-dealkylation sites (N-methyl/N-ethyl adjacent to an activating group) is 1. The Hall–Kier alpha value is -3.04. The quantitative estimate of drug-likeness (QED) is 0.554. The third-order valence-electron chi connectivity index (χ3n) is 8.15. The highest BCUT2D eigenvalue weighted by atomic mass is 35.5. The predicted octanol–water partition coefficient (Wildman–Crippen LogP) is 3.59. The van der Waals surface area contributed by atoms with Crippen LogP contribution in [0.2, 0.25) is 5.02 Å². The number of halogens is 1. The van der Waals surface area contributed by atoms with Crippen molar-refractivity contribution in [3.05, 3.63) is 39.8 Å². The maximum Gasteiger partial charge on any atom is 0.295 e. The minimum Gasteiger partial charge on any atom is -0.486 e. The molecule has 2 bridgehead atoms. The number of pyridine rings is 1. The summed E-state index contributed by atoms with van der Waals surface area (Å²) in [5.41, 5.74) is 2.37. The van der Waals surface area contributed by atoms with Gasteiger partial charge in [-0.15, -0.1) is 0 Å². The Balaban J connectivity index is 1.25. The molecular formula is C26H30ClN7O2. The minimum absolute atomic E-state index is 0.114. The van der Waals surface area contributed by atoms with Gasteiger partial charge in [0.25, 0.3) is 5.56 Å². The third kappa shape index (κ3) is 3.59. The van der Waals surface area contributed by atoms with Crippen molar-refractivity contribution >= 4 is 45.6 Å². The van der Waals surface area contributed by atoms with Crippen LogP contribution >= 0.6 is 11.6 Å². The van der Waals surface area contributed by atoms with Crippen molar-refractivity contribution in [2.24, 2.45) is 13.0 Å². The van der Waals surface area contributed by atoms with Crippen LogP contribution in [0.25, 0.3) is 10.9 Å². The Kier molecular flexibility index (Phi) is 5.08. The van der Waals surface area contributed by atoms with Crippen LogP contribution in [0.4, 0.5) is 23.1 Å². The molecule has 4 aliphatic heterocycles. The maximum atomic E-state index is 13.1. The third-order valence-corrected chi connectivity index (χ3v) is 8.43. The molecule has 36 heavy (non-hydrogen) atoms. The van der Waals surface area contributed by atoms with Crippen molar-refractivity contribution in [2.45, 2.75) is 43.8 Å². The van der Waals surface area contributed by atoms with Gasteiger partial charge in [0.05, 0.1) is 24.0 Å². The highest BCUT2D eigenvalue weighted by Gasteiger charge is 2.45. The second kappa shape index (κ2) is 8.24. The van der Waals surface area contributed by atoms with Gasteiger partial charge in [-0.3, -0.25) is 4.79 Å². The molecule has 10 heteroatoms. The number of piperazine rings is 1. The number of nitrogens with zero attached hydrogens (tertiary/aromatic N) is 5. The highest BCUT2D eigenvalue weighted by molar-refractivity contribution is 6.33. The van der Waals surface area contributed by atoms with Crippen molar-refractivity contribution in [3.8, 4) is 5.75 Å². The van der Waals surface area contributed by atoms with E-state index in [1.54, 1.807) is 17.8 Å². The molecule has 3 aromatic rings. The van der Waals surface area contributed by atoms with Gasteiger partial charge >= 0.3 is 0 Å². The second-order valence-corrected chi connectivity index (χ2v) is 11.1. The molecule has 4 fully saturated rings. The fraction of sp³-hybridized carbons (Fsp3) is 0.500. The Bertz CT molecular complexity index is 1410. The van der Waals surface area contributed by atoms with Crippen LogP contribution in [0.3, 0.4) is 0 Å². The molecule has 2 aromatic heterocycles. The van der Waals surface area contributed by atoms with E-state index in [1.807, 2.05) is 18.2 Å². The lowest BCUT2D eigenvalue weighted by Gasteiger charge is -2.55. The van der Waals surface area contributed by atoms with Crippen LogP contribution < -0.4 is 25.8 Å². The van der Waals surface area contributed by atoms with Gasteiger partial charge < -0.3 is 29.7 Å². The number of hydrogen-bond donors (Lipinski definition) is 2. The van der Waals surface area contributed by atoms with E-state index in [0.717, 1.165) is 47.7 Å². The summed E-state index contributed by atoms with van der Waals surface area (Å²) in [6.07, 6.45) is 6.22. The van der Waals surface area contributed by atoms with E-state index in [1.165, 1.54) is 19.3 Å². The molecule has 1 aliphatic carbocycles. The van der Waals surface area contributed by atoms with Crippen molar-refractivity contribution in [1.82, 2.24) is 19.4 Å². The normalized spacial score (nSPS) is 25.4. The zero-order valence-corrected chi connectivity index (χ0v) is 21.3. The van der Waals surface area contributed by atoms with Gasteiger partial charge in [-0.1, -0.05) is 11.6 Å². The van der Waals surface area contributed by atoms with Gasteiger partial charge in [0.2, 0.25) is 11.7 Å². The number of benzene rings is 1. The lowest BCUT2D eigenvalue weighted by atomic mass is 9.88. The van der Waals surface area contributed by atoms with Crippen molar-refractivity contribution in [2.75, 3.05) is 42.3 Å². The Morgan fingerprint density at radius 2 is 1.97 bits per heavy atom. The number of piperidine rings is 1. The largest absolute Gasteiger partial charge is 0.486 e. The number of anilines is 4. The van der Waals surface area contributed by atoms with Crippen LogP contribution in [0.1, 0.15) is 25.7 Å². The lowest BCUT2D eigenvalue weighted by molar-refractivity contribution is 0.137. The molecule has 2 unspecified atom stereocenters. The van der Waals surface area contributed by atoms with E-state index in [9.17, 15) is 4.79 Å². The summed E-state index contributed by atoms with van der Waals surface area (Å²) in [5, 5.41) is 8.49. The number of ether oxygens (including phenoxy) is 1. The molecule has 8 rings (SSSR count).